The van der Waals surface area contributed by atoms with Gasteiger partial charge < -0.3 is 14.8 Å². The fourth-order valence-electron chi connectivity index (χ4n) is 1.79. The molecule has 1 aromatic carbocycles. The molecule has 1 aromatic rings. The van der Waals surface area contributed by atoms with Gasteiger partial charge in [0, 0.05) is 12.1 Å². The largest absolute Gasteiger partial charge is 0.457 e. The van der Waals surface area contributed by atoms with Crippen molar-refractivity contribution >= 4 is 12.1 Å². The maximum absolute atomic E-state index is 11.5. The molecule has 0 radical (unpaired) electrons. The molecule has 0 bridgehead atoms. The molecule has 1 amide bonds. The highest BCUT2D eigenvalue weighted by molar-refractivity contribution is 5.93. The predicted molar refractivity (Wildman–Crippen MR) is 68.6 cm³/mol. The summed E-state index contributed by atoms with van der Waals surface area (Å²) >= 11 is 0. The van der Waals surface area contributed by atoms with Gasteiger partial charge in [-0.1, -0.05) is 6.07 Å². The highest BCUT2D eigenvalue weighted by atomic mass is 16.6. The van der Waals surface area contributed by atoms with E-state index in [1.165, 1.54) is 0 Å². The molecule has 2 rings (SSSR count). The number of esters is 1. The number of hydrogen-bond donors (Lipinski definition) is 1. The maximum Gasteiger partial charge on any atom is 0.407 e. The standard InChI is InChI=1S/C14H17NO4/c1-14(2,3)19-13(17)15-7-9-4-5-11-10(6-9)8-18-12(11)16/h4-6H,7-8H2,1-3H3,(H,15,17). The molecule has 0 fully saturated rings. The molecule has 1 aliphatic rings. The number of carbonyl (C=O) groups excluding carboxylic acids is 2. The summed E-state index contributed by atoms with van der Waals surface area (Å²) in [6.45, 7) is 6.09. The molecule has 1 heterocycles. The van der Waals surface area contributed by atoms with Crippen LogP contribution >= 0.6 is 0 Å². The molecule has 19 heavy (non-hydrogen) atoms. The molecule has 1 aliphatic heterocycles. The van der Waals surface area contributed by atoms with E-state index in [2.05, 4.69) is 5.32 Å². The Bertz CT molecular complexity index is 517. The minimum absolute atomic E-state index is 0.290. The first kappa shape index (κ1) is 13.4. The van der Waals surface area contributed by atoms with E-state index in [1.807, 2.05) is 26.8 Å². The van der Waals surface area contributed by atoms with Gasteiger partial charge in [0.25, 0.3) is 0 Å². The molecule has 5 heteroatoms. The molecule has 0 saturated carbocycles. The minimum atomic E-state index is -0.512. The zero-order valence-electron chi connectivity index (χ0n) is 11.3. The van der Waals surface area contributed by atoms with Crippen molar-refractivity contribution in [3.63, 3.8) is 0 Å². The number of cyclic esters (lactones) is 1. The van der Waals surface area contributed by atoms with Gasteiger partial charge in [-0.05, 0) is 38.5 Å². The van der Waals surface area contributed by atoms with Crippen LogP contribution in [-0.4, -0.2) is 17.7 Å². The Kier molecular flexibility index (Phi) is 3.46. The summed E-state index contributed by atoms with van der Waals surface area (Å²) in [7, 11) is 0. The topological polar surface area (TPSA) is 64.6 Å². The van der Waals surface area contributed by atoms with Crippen LogP contribution in [0.25, 0.3) is 0 Å². The second-order valence-corrected chi connectivity index (χ2v) is 5.42. The SMILES string of the molecule is CC(C)(C)OC(=O)NCc1ccc2c(c1)COC2=O. The molecule has 0 spiro atoms. The number of nitrogens with one attached hydrogen (secondary N) is 1. The Hall–Kier alpha value is -2.04. The predicted octanol–water partition coefficient (Wildman–Crippen LogP) is 2.38. The number of amides is 1. The molecule has 0 aliphatic carbocycles. The summed E-state index contributed by atoms with van der Waals surface area (Å²) in [6, 6.07) is 5.37. The van der Waals surface area contributed by atoms with Gasteiger partial charge in [0.05, 0.1) is 5.56 Å². The monoisotopic (exact) mass is 263 g/mol. The number of alkyl carbamates (subject to hydrolysis) is 1. The lowest BCUT2D eigenvalue weighted by Crippen LogP contribution is -2.32. The molecule has 5 nitrogen and oxygen atoms in total. The first-order chi connectivity index (χ1) is 8.85. The number of carbonyl (C=O) groups is 2. The average Bonchev–Trinajstić information content (AvgIpc) is 2.66. The van der Waals surface area contributed by atoms with Crippen LogP contribution in [0.3, 0.4) is 0 Å². The van der Waals surface area contributed by atoms with Gasteiger partial charge >= 0.3 is 12.1 Å². The third-order valence-corrected chi connectivity index (χ3v) is 2.58. The fourth-order valence-corrected chi connectivity index (χ4v) is 1.79. The summed E-state index contributed by atoms with van der Waals surface area (Å²) in [5, 5.41) is 2.67. The highest BCUT2D eigenvalue weighted by Crippen LogP contribution is 2.20. The van der Waals surface area contributed by atoms with Crippen molar-refractivity contribution in [1.29, 1.82) is 0 Å². The van der Waals surface area contributed by atoms with E-state index in [1.54, 1.807) is 12.1 Å². The van der Waals surface area contributed by atoms with Crippen molar-refractivity contribution in [3.8, 4) is 0 Å². The summed E-state index contributed by atoms with van der Waals surface area (Å²) in [5.41, 5.74) is 1.85. The van der Waals surface area contributed by atoms with E-state index in [-0.39, 0.29) is 5.97 Å². The van der Waals surface area contributed by atoms with Crippen LogP contribution in [0.4, 0.5) is 4.79 Å². The lowest BCUT2D eigenvalue weighted by molar-refractivity contribution is 0.0518. The van der Waals surface area contributed by atoms with E-state index in [0.717, 1.165) is 11.1 Å². The normalized spacial score (nSPS) is 13.7. The maximum atomic E-state index is 11.5. The van der Waals surface area contributed by atoms with Gasteiger partial charge in [-0.2, -0.15) is 0 Å². The molecule has 0 aromatic heterocycles. The van der Waals surface area contributed by atoms with Gasteiger partial charge in [0.1, 0.15) is 12.2 Å². The highest BCUT2D eigenvalue weighted by Gasteiger charge is 2.21. The van der Waals surface area contributed by atoms with E-state index in [4.69, 9.17) is 9.47 Å². The van der Waals surface area contributed by atoms with Gasteiger partial charge in [-0.3, -0.25) is 0 Å². The van der Waals surface area contributed by atoms with Crippen LogP contribution in [0.2, 0.25) is 0 Å². The Balaban J connectivity index is 1.94. The molecule has 0 saturated heterocycles. The van der Waals surface area contributed by atoms with E-state index >= 15 is 0 Å². The van der Waals surface area contributed by atoms with Gasteiger partial charge in [-0.25, -0.2) is 9.59 Å². The zero-order chi connectivity index (χ0) is 14.0. The lowest BCUT2D eigenvalue weighted by atomic mass is 10.1. The van der Waals surface area contributed by atoms with Crippen molar-refractivity contribution in [1.82, 2.24) is 5.32 Å². The van der Waals surface area contributed by atoms with Crippen LogP contribution in [0.15, 0.2) is 18.2 Å². The Morgan fingerprint density at radius 2 is 2.16 bits per heavy atom. The number of ether oxygens (including phenoxy) is 2. The second-order valence-electron chi connectivity index (χ2n) is 5.42. The first-order valence-electron chi connectivity index (χ1n) is 6.11. The number of rotatable bonds is 2. The third-order valence-electron chi connectivity index (χ3n) is 2.58. The first-order valence-corrected chi connectivity index (χ1v) is 6.11. The van der Waals surface area contributed by atoms with Gasteiger partial charge in [-0.15, -0.1) is 0 Å². The summed E-state index contributed by atoms with van der Waals surface area (Å²) in [4.78, 5) is 22.8. The molecular weight excluding hydrogens is 246 g/mol. The van der Waals surface area contributed by atoms with E-state index in [0.29, 0.717) is 18.7 Å². The molecule has 0 atom stereocenters. The van der Waals surface area contributed by atoms with Crippen molar-refractivity contribution in [2.45, 2.75) is 39.5 Å². The summed E-state index contributed by atoms with van der Waals surface area (Å²) in [6.07, 6.45) is -0.458. The number of hydrogen-bond acceptors (Lipinski definition) is 4. The Morgan fingerprint density at radius 1 is 1.42 bits per heavy atom. The van der Waals surface area contributed by atoms with Crippen molar-refractivity contribution in [3.05, 3.63) is 34.9 Å². The average molecular weight is 263 g/mol. The Labute approximate surface area is 111 Å². The van der Waals surface area contributed by atoms with Crippen molar-refractivity contribution < 1.29 is 19.1 Å². The summed E-state index contributed by atoms with van der Waals surface area (Å²) in [5.74, 6) is -0.290. The molecule has 102 valence electrons. The molecular formula is C14H17NO4. The number of benzene rings is 1. The fraction of sp³-hybridized carbons (Fsp3) is 0.429. The lowest BCUT2D eigenvalue weighted by Gasteiger charge is -2.19. The zero-order valence-corrected chi connectivity index (χ0v) is 11.3. The second kappa shape index (κ2) is 4.91. The van der Waals surface area contributed by atoms with Crippen LogP contribution in [0, 0.1) is 0 Å². The minimum Gasteiger partial charge on any atom is -0.457 e. The van der Waals surface area contributed by atoms with Crippen molar-refractivity contribution in [2.24, 2.45) is 0 Å². The van der Waals surface area contributed by atoms with Crippen LogP contribution < -0.4 is 5.32 Å². The number of fused-ring (bicyclic) bond motifs is 1. The van der Waals surface area contributed by atoms with Gasteiger partial charge in [0.2, 0.25) is 0 Å². The van der Waals surface area contributed by atoms with Crippen molar-refractivity contribution in [2.75, 3.05) is 0 Å². The molecule has 0 unspecified atom stereocenters. The van der Waals surface area contributed by atoms with Crippen LogP contribution in [0.1, 0.15) is 42.3 Å². The van der Waals surface area contributed by atoms with E-state index in [9.17, 15) is 9.59 Å². The molecule has 1 N–H and O–H groups in total. The smallest absolute Gasteiger partial charge is 0.407 e. The van der Waals surface area contributed by atoms with Gasteiger partial charge in [0.15, 0.2) is 0 Å². The third kappa shape index (κ3) is 3.47. The summed E-state index contributed by atoms with van der Waals surface area (Å²) < 4.78 is 10.1. The van der Waals surface area contributed by atoms with Crippen LogP contribution in [-0.2, 0) is 22.6 Å². The van der Waals surface area contributed by atoms with E-state index < -0.39 is 11.7 Å². The Morgan fingerprint density at radius 3 is 2.84 bits per heavy atom. The van der Waals surface area contributed by atoms with Crippen LogP contribution in [0.5, 0.6) is 0 Å². The quantitative estimate of drug-likeness (QED) is 0.832.